The highest BCUT2D eigenvalue weighted by Gasteiger charge is 2.22. The molecule has 0 atom stereocenters. The van der Waals surface area contributed by atoms with Gasteiger partial charge in [-0.05, 0) is 18.2 Å². The third-order valence-electron chi connectivity index (χ3n) is 3.98. The van der Waals surface area contributed by atoms with Crippen molar-refractivity contribution in [2.45, 2.75) is 6.54 Å². The molecule has 1 fully saturated rings. The molecule has 3 N–H and O–H groups in total. The summed E-state index contributed by atoms with van der Waals surface area (Å²) in [6.45, 7) is 2.88. The van der Waals surface area contributed by atoms with Crippen molar-refractivity contribution in [2.75, 3.05) is 46.4 Å². The lowest BCUT2D eigenvalue weighted by atomic mass is 10.1. The molecular formula is C16H23FN4O3. The molecule has 0 aliphatic carbocycles. The molecule has 1 heterocycles. The van der Waals surface area contributed by atoms with Crippen molar-refractivity contribution in [1.29, 1.82) is 0 Å². The average molecular weight is 338 g/mol. The van der Waals surface area contributed by atoms with Crippen molar-refractivity contribution in [3.8, 4) is 5.75 Å². The van der Waals surface area contributed by atoms with Crippen LogP contribution in [-0.2, 0) is 16.1 Å². The van der Waals surface area contributed by atoms with E-state index in [-0.39, 0.29) is 30.7 Å². The fourth-order valence-electron chi connectivity index (χ4n) is 2.63. The zero-order valence-corrected chi connectivity index (χ0v) is 13.8. The molecule has 1 aromatic carbocycles. The summed E-state index contributed by atoms with van der Waals surface area (Å²) in [6, 6.07) is 4.46. The van der Waals surface area contributed by atoms with Gasteiger partial charge in [0.2, 0.25) is 11.8 Å². The number of methoxy groups -OCH3 is 1. The summed E-state index contributed by atoms with van der Waals surface area (Å²) in [4.78, 5) is 26.9. The van der Waals surface area contributed by atoms with Gasteiger partial charge in [0, 0.05) is 38.3 Å². The maximum absolute atomic E-state index is 13.4. The zero-order chi connectivity index (χ0) is 17.5. The number of halogens is 1. The van der Waals surface area contributed by atoms with Gasteiger partial charge >= 0.3 is 0 Å². The van der Waals surface area contributed by atoms with Crippen LogP contribution in [0.5, 0.6) is 5.75 Å². The number of nitrogens with zero attached hydrogens (tertiary/aromatic N) is 2. The second-order valence-electron chi connectivity index (χ2n) is 5.59. The monoisotopic (exact) mass is 338 g/mol. The van der Waals surface area contributed by atoms with E-state index >= 15 is 0 Å². The number of carbonyl (C=O) groups excluding carboxylic acids is 2. The molecule has 0 bridgehead atoms. The molecule has 0 saturated carbocycles. The number of nitrogens with two attached hydrogens (primary N) is 1. The van der Waals surface area contributed by atoms with Crippen LogP contribution in [0.3, 0.4) is 0 Å². The van der Waals surface area contributed by atoms with Crippen molar-refractivity contribution in [3.05, 3.63) is 29.6 Å². The maximum Gasteiger partial charge on any atom is 0.242 e. The number of benzene rings is 1. The van der Waals surface area contributed by atoms with Crippen LogP contribution in [0.25, 0.3) is 0 Å². The molecule has 1 aliphatic heterocycles. The van der Waals surface area contributed by atoms with E-state index in [1.54, 1.807) is 18.1 Å². The minimum Gasteiger partial charge on any atom is -0.496 e. The highest BCUT2D eigenvalue weighted by atomic mass is 19.1. The first kappa shape index (κ1) is 18.2. The summed E-state index contributed by atoms with van der Waals surface area (Å²) in [5, 5.41) is 2.47. The van der Waals surface area contributed by atoms with E-state index in [4.69, 9.17) is 10.5 Å². The van der Waals surface area contributed by atoms with Gasteiger partial charge in [0.15, 0.2) is 0 Å². The third-order valence-corrected chi connectivity index (χ3v) is 3.98. The van der Waals surface area contributed by atoms with Crippen LogP contribution in [-0.4, -0.2) is 68.0 Å². The number of piperazine rings is 1. The second-order valence-corrected chi connectivity index (χ2v) is 5.59. The summed E-state index contributed by atoms with van der Waals surface area (Å²) in [5.41, 5.74) is 5.97. The van der Waals surface area contributed by atoms with Crippen LogP contribution in [0, 0.1) is 5.82 Å². The lowest BCUT2D eigenvalue weighted by molar-refractivity contribution is -0.134. The summed E-state index contributed by atoms with van der Waals surface area (Å²) >= 11 is 0. The van der Waals surface area contributed by atoms with Crippen LogP contribution in [0.1, 0.15) is 5.56 Å². The summed E-state index contributed by atoms with van der Waals surface area (Å²) in [5.74, 6) is -0.116. The van der Waals surface area contributed by atoms with Gasteiger partial charge in [-0.2, -0.15) is 0 Å². The molecule has 24 heavy (non-hydrogen) atoms. The third kappa shape index (κ3) is 4.90. The first-order valence-corrected chi connectivity index (χ1v) is 7.82. The Labute approximate surface area is 140 Å². The van der Waals surface area contributed by atoms with Crippen LogP contribution in [0.4, 0.5) is 4.39 Å². The lowest BCUT2D eigenvalue weighted by Gasteiger charge is -2.35. The zero-order valence-electron chi connectivity index (χ0n) is 13.8. The maximum atomic E-state index is 13.4. The van der Waals surface area contributed by atoms with Crippen molar-refractivity contribution >= 4 is 11.8 Å². The fourth-order valence-corrected chi connectivity index (χ4v) is 2.63. The quantitative estimate of drug-likeness (QED) is 0.734. The Morgan fingerprint density at radius 3 is 2.62 bits per heavy atom. The van der Waals surface area contributed by atoms with E-state index in [2.05, 4.69) is 10.2 Å². The smallest absolute Gasteiger partial charge is 0.242 e. The van der Waals surface area contributed by atoms with Gasteiger partial charge in [-0.25, -0.2) is 4.39 Å². The molecule has 0 radical (unpaired) electrons. The molecule has 8 heteroatoms. The molecule has 2 amide bonds. The van der Waals surface area contributed by atoms with Crippen LogP contribution >= 0.6 is 0 Å². The second kappa shape index (κ2) is 8.60. The number of nitrogens with one attached hydrogen (secondary N) is 1. The Balaban J connectivity index is 1.83. The van der Waals surface area contributed by atoms with E-state index in [1.807, 2.05) is 0 Å². The summed E-state index contributed by atoms with van der Waals surface area (Å²) in [6.07, 6.45) is 0. The predicted molar refractivity (Wildman–Crippen MR) is 86.9 cm³/mol. The molecule has 1 aromatic rings. The SMILES string of the molecule is COc1ccc(F)cc1CN1CCN(C(=O)CNC(=O)CN)CC1. The Kier molecular flexibility index (Phi) is 6.51. The highest BCUT2D eigenvalue weighted by molar-refractivity contribution is 5.85. The number of hydrogen-bond acceptors (Lipinski definition) is 5. The summed E-state index contributed by atoms with van der Waals surface area (Å²) < 4.78 is 18.7. The van der Waals surface area contributed by atoms with Crippen molar-refractivity contribution in [2.24, 2.45) is 5.73 Å². The van der Waals surface area contributed by atoms with Crippen LogP contribution in [0.15, 0.2) is 18.2 Å². The van der Waals surface area contributed by atoms with Gasteiger partial charge in [-0.15, -0.1) is 0 Å². The van der Waals surface area contributed by atoms with Crippen molar-refractivity contribution in [3.63, 3.8) is 0 Å². The standard InChI is InChI=1S/C16H23FN4O3/c1-24-14-3-2-13(17)8-12(14)11-20-4-6-21(7-5-20)16(23)10-19-15(22)9-18/h2-3,8H,4-7,9-11,18H2,1H3,(H,19,22). The Hall–Kier alpha value is -2.19. The van der Waals surface area contributed by atoms with Gasteiger partial charge in [0.1, 0.15) is 11.6 Å². The van der Waals surface area contributed by atoms with E-state index in [0.717, 1.165) is 5.56 Å². The number of amides is 2. The number of ether oxygens (including phenoxy) is 1. The van der Waals surface area contributed by atoms with Crippen molar-refractivity contribution < 1.29 is 18.7 Å². The molecule has 1 aliphatic rings. The van der Waals surface area contributed by atoms with E-state index < -0.39 is 0 Å². The molecule has 0 aromatic heterocycles. The van der Waals surface area contributed by atoms with Crippen LogP contribution < -0.4 is 15.8 Å². The Bertz CT molecular complexity index is 589. The highest BCUT2D eigenvalue weighted by Crippen LogP contribution is 2.21. The minimum atomic E-state index is -0.347. The molecule has 0 spiro atoms. The van der Waals surface area contributed by atoms with Gasteiger partial charge in [0.05, 0.1) is 20.2 Å². The normalized spacial score (nSPS) is 15.2. The van der Waals surface area contributed by atoms with Crippen LogP contribution in [0.2, 0.25) is 0 Å². The molecule has 0 unspecified atom stereocenters. The minimum absolute atomic E-state index is 0.0340. The van der Waals surface area contributed by atoms with E-state index in [9.17, 15) is 14.0 Å². The molecule has 7 nitrogen and oxygen atoms in total. The van der Waals surface area contributed by atoms with Gasteiger partial charge < -0.3 is 20.7 Å². The van der Waals surface area contributed by atoms with Gasteiger partial charge in [-0.3, -0.25) is 14.5 Å². The number of hydrogen-bond donors (Lipinski definition) is 2. The van der Waals surface area contributed by atoms with Crippen molar-refractivity contribution in [1.82, 2.24) is 15.1 Å². The predicted octanol–water partition coefficient (Wildman–Crippen LogP) is -0.447. The Morgan fingerprint density at radius 2 is 2.00 bits per heavy atom. The average Bonchev–Trinajstić information content (AvgIpc) is 2.60. The first-order chi connectivity index (χ1) is 11.5. The number of rotatable bonds is 6. The number of carbonyl (C=O) groups is 2. The molecular weight excluding hydrogens is 315 g/mol. The largest absolute Gasteiger partial charge is 0.496 e. The van der Waals surface area contributed by atoms with E-state index in [1.165, 1.54) is 12.1 Å². The topological polar surface area (TPSA) is 87.9 Å². The summed E-state index contributed by atoms with van der Waals surface area (Å²) in [7, 11) is 1.56. The molecule has 132 valence electrons. The van der Waals surface area contributed by atoms with Gasteiger partial charge in [0.25, 0.3) is 0 Å². The first-order valence-electron chi connectivity index (χ1n) is 7.82. The fraction of sp³-hybridized carbons (Fsp3) is 0.500. The lowest BCUT2D eigenvalue weighted by Crippen LogP contribution is -2.51. The molecule has 2 rings (SSSR count). The Morgan fingerprint density at radius 1 is 1.29 bits per heavy atom. The molecule has 1 saturated heterocycles. The van der Waals surface area contributed by atoms with E-state index in [0.29, 0.717) is 38.5 Å². The van der Waals surface area contributed by atoms with Gasteiger partial charge in [-0.1, -0.05) is 0 Å².